The molecule has 35 heavy (non-hydrogen) atoms. The molecule has 3 rings (SSSR count). The first kappa shape index (κ1) is 27.5. The van der Waals surface area contributed by atoms with Gasteiger partial charge in [0.05, 0.1) is 11.9 Å². The molecule has 0 aliphatic heterocycles. The van der Waals surface area contributed by atoms with E-state index in [1.165, 1.54) is 11.0 Å². The van der Waals surface area contributed by atoms with Gasteiger partial charge >= 0.3 is 0 Å². The summed E-state index contributed by atoms with van der Waals surface area (Å²) in [7, 11) is -3.80. The normalized spacial score (nSPS) is 15.0. The fourth-order valence-corrected chi connectivity index (χ4v) is 5.39. The number of hydrogen-bond donors (Lipinski definition) is 1. The molecule has 2 aromatic rings. The van der Waals surface area contributed by atoms with Gasteiger partial charge in [0.1, 0.15) is 12.6 Å². The zero-order valence-electron chi connectivity index (χ0n) is 20.1. The van der Waals surface area contributed by atoms with Crippen molar-refractivity contribution in [3.63, 3.8) is 0 Å². The average molecular weight is 585 g/mol. The summed E-state index contributed by atoms with van der Waals surface area (Å²) in [5.74, 6) is -0.726. The molecule has 0 radical (unpaired) electrons. The molecule has 2 amide bonds. The number of rotatable bonds is 9. The van der Waals surface area contributed by atoms with Crippen molar-refractivity contribution in [2.45, 2.75) is 58.2 Å². The van der Waals surface area contributed by atoms with Gasteiger partial charge in [-0.15, -0.1) is 0 Å². The molecule has 7 nitrogen and oxygen atoms in total. The van der Waals surface area contributed by atoms with Gasteiger partial charge in [0.2, 0.25) is 21.8 Å². The third-order valence-electron chi connectivity index (χ3n) is 6.26. The van der Waals surface area contributed by atoms with E-state index < -0.39 is 28.5 Å². The largest absolute Gasteiger partial charge is 0.352 e. The Kier molecular flexibility index (Phi) is 9.23. The fraction of sp³-hybridized carbons (Fsp3) is 0.440. The van der Waals surface area contributed by atoms with Crippen molar-refractivity contribution in [2.75, 3.05) is 17.1 Å². The van der Waals surface area contributed by atoms with Crippen LogP contribution in [0.5, 0.6) is 0 Å². The number of benzene rings is 2. The predicted molar refractivity (Wildman–Crippen MR) is 143 cm³/mol. The van der Waals surface area contributed by atoms with Crippen molar-refractivity contribution < 1.29 is 18.0 Å². The number of aryl methyl sites for hydroxylation is 1. The molecule has 1 aliphatic carbocycles. The summed E-state index contributed by atoms with van der Waals surface area (Å²) in [6.07, 6.45) is 5.04. The van der Waals surface area contributed by atoms with E-state index in [-0.39, 0.29) is 18.5 Å². The van der Waals surface area contributed by atoms with E-state index in [9.17, 15) is 18.0 Å². The summed E-state index contributed by atoms with van der Waals surface area (Å²) in [5.41, 5.74) is 1.92. The summed E-state index contributed by atoms with van der Waals surface area (Å²) in [5, 5.41) is 3.45. The quantitative estimate of drug-likeness (QED) is 0.465. The molecule has 10 heteroatoms. The highest BCUT2D eigenvalue weighted by Gasteiger charge is 2.31. The minimum Gasteiger partial charge on any atom is -0.352 e. The molecular formula is C25H31BrClN3O4S. The Bertz CT molecular complexity index is 1170. The lowest BCUT2D eigenvalue weighted by molar-refractivity contribution is -0.139. The van der Waals surface area contributed by atoms with Gasteiger partial charge in [-0.1, -0.05) is 58.6 Å². The topological polar surface area (TPSA) is 86.8 Å². The molecule has 1 atom stereocenters. The van der Waals surface area contributed by atoms with Crippen LogP contribution in [0.15, 0.2) is 46.9 Å². The first-order valence-corrected chi connectivity index (χ1v) is 14.6. The smallest absolute Gasteiger partial charge is 0.244 e. The number of amides is 2. The number of anilines is 1. The molecule has 0 heterocycles. The first-order chi connectivity index (χ1) is 16.5. The van der Waals surface area contributed by atoms with Crippen LogP contribution in [-0.2, 0) is 26.2 Å². The summed E-state index contributed by atoms with van der Waals surface area (Å²) in [6.45, 7) is 3.20. The fourth-order valence-electron chi connectivity index (χ4n) is 4.11. The van der Waals surface area contributed by atoms with Gasteiger partial charge in [-0.25, -0.2) is 8.42 Å². The van der Waals surface area contributed by atoms with E-state index in [0.717, 1.165) is 51.8 Å². The van der Waals surface area contributed by atoms with Crippen LogP contribution in [0.2, 0.25) is 5.02 Å². The van der Waals surface area contributed by atoms with Crippen molar-refractivity contribution in [2.24, 2.45) is 0 Å². The zero-order valence-corrected chi connectivity index (χ0v) is 23.3. The number of hydrogen-bond acceptors (Lipinski definition) is 4. The molecule has 1 saturated carbocycles. The van der Waals surface area contributed by atoms with Crippen LogP contribution < -0.4 is 9.62 Å². The van der Waals surface area contributed by atoms with E-state index in [1.807, 2.05) is 31.2 Å². The van der Waals surface area contributed by atoms with E-state index in [2.05, 4.69) is 21.2 Å². The van der Waals surface area contributed by atoms with Gasteiger partial charge in [-0.3, -0.25) is 13.9 Å². The Balaban J connectivity index is 1.88. The maximum atomic E-state index is 13.6. The van der Waals surface area contributed by atoms with Crippen molar-refractivity contribution >= 4 is 55.1 Å². The van der Waals surface area contributed by atoms with Crippen LogP contribution in [0.4, 0.5) is 5.69 Å². The summed E-state index contributed by atoms with van der Waals surface area (Å²) >= 11 is 9.63. The lowest BCUT2D eigenvalue weighted by atomic mass is 10.1. The second kappa shape index (κ2) is 11.8. The molecule has 1 N–H and O–H groups in total. The second-order valence-corrected chi connectivity index (χ2v) is 12.2. The number of halogens is 2. The Labute approximate surface area is 221 Å². The van der Waals surface area contributed by atoms with E-state index in [1.54, 1.807) is 19.1 Å². The Hall–Kier alpha value is -2.10. The van der Waals surface area contributed by atoms with Crippen LogP contribution >= 0.6 is 27.5 Å². The highest BCUT2D eigenvalue weighted by atomic mass is 79.9. The van der Waals surface area contributed by atoms with Crippen LogP contribution in [0.1, 0.15) is 43.7 Å². The average Bonchev–Trinajstić information content (AvgIpc) is 3.30. The lowest BCUT2D eigenvalue weighted by Crippen LogP contribution is -2.52. The summed E-state index contributed by atoms with van der Waals surface area (Å²) < 4.78 is 27.2. The Morgan fingerprint density at radius 1 is 1.14 bits per heavy atom. The predicted octanol–water partition coefficient (Wildman–Crippen LogP) is 4.65. The SMILES string of the molecule is Cc1ccc(N(CC(=O)N(Cc2ccc(Br)cc2)[C@H](C)C(=O)NC2CCCC2)S(C)(=O)=O)cc1Cl. The van der Waals surface area contributed by atoms with Crippen molar-refractivity contribution in [1.82, 2.24) is 10.2 Å². The maximum Gasteiger partial charge on any atom is 0.244 e. The molecule has 190 valence electrons. The second-order valence-electron chi connectivity index (χ2n) is 9.02. The molecule has 1 aliphatic rings. The minimum atomic E-state index is -3.80. The molecule has 0 saturated heterocycles. The zero-order chi connectivity index (χ0) is 25.8. The molecule has 1 fully saturated rings. The lowest BCUT2D eigenvalue weighted by Gasteiger charge is -2.32. The van der Waals surface area contributed by atoms with Crippen molar-refractivity contribution in [3.05, 3.63) is 63.1 Å². The number of carbonyl (C=O) groups excluding carboxylic acids is 2. The van der Waals surface area contributed by atoms with Crippen molar-refractivity contribution in [1.29, 1.82) is 0 Å². The van der Waals surface area contributed by atoms with Gasteiger partial charge < -0.3 is 10.2 Å². The molecule has 0 unspecified atom stereocenters. The van der Waals surface area contributed by atoms with E-state index >= 15 is 0 Å². The van der Waals surface area contributed by atoms with Crippen LogP contribution in [0.3, 0.4) is 0 Å². The van der Waals surface area contributed by atoms with Gasteiger partial charge in [-0.05, 0) is 62.1 Å². The minimum absolute atomic E-state index is 0.108. The molecule has 0 bridgehead atoms. The molecule has 2 aromatic carbocycles. The Morgan fingerprint density at radius 3 is 2.34 bits per heavy atom. The monoisotopic (exact) mass is 583 g/mol. The first-order valence-electron chi connectivity index (χ1n) is 11.5. The summed E-state index contributed by atoms with van der Waals surface area (Å²) in [6, 6.07) is 11.6. The van der Waals surface area contributed by atoms with Crippen molar-refractivity contribution in [3.8, 4) is 0 Å². The Morgan fingerprint density at radius 2 is 1.77 bits per heavy atom. The maximum absolute atomic E-state index is 13.6. The van der Waals surface area contributed by atoms with Gasteiger partial charge in [0, 0.05) is 22.1 Å². The highest BCUT2D eigenvalue weighted by Crippen LogP contribution is 2.25. The summed E-state index contributed by atoms with van der Waals surface area (Å²) in [4.78, 5) is 28.1. The van der Waals surface area contributed by atoms with Crippen LogP contribution in [-0.4, -0.2) is 50.0 Å². The third kappa shape index (κ3) is 7.44. The number of sulfonamides is 1. The van der Waals surface area contributed by atoms with Gasteiger partial charge in [-0.2, -0.15) is 0 Å². The van der Waals surface area contributed by atoms with Gasteiger partial charge in [0.15, 0.2) is 0 Å². The number of nitrogens with zero attached hydrogens (tertiary/aromatic N) is 2. The van der Waals surface area contributed by atoms with Gasteiger partial charge in [0.25, 0.3) is 0 Å². The standard InChI is InChI=1S/C25H31BrClN3O4S/c1-17-8-13-22(14-23(17)27)30(35(3,33)34)16-24(31)29(15-19-9-11-20(26)12-10-19)18(2)25(32)28-21-6-4-5-7-21/h8-14,18,21H,4-7,15-16H2,1-3H3,(H,28,32)/t18-/m1/s1. The molecule has 0 spiro atoms. The third-order valence-corrected chi connectivity index (χ3v) is 8.33. The van der Waals surface area contributed by atoms with E-state index in [4.69, 9.17) is 11.6 Å². The molecular weight excluding hydrogens is 554 g/mol. The van der Waals surface area contributed by atoms with Crippen LogP contribution in [0, 0.1) is 6.92 Å². The van der Waals surface area contributed by atoms with E-state index in [0.29, 0.717) is 10.7 Å². The molecule has 0 aromatic heterocycles. The highest BCUT2D eigenvalue weighted by molar-refractivity contribution is 9.10. The number of nitrogens with one attached hydrogen (secondary N) is 1. The number of carbonyl (C=O) groups is 2. The van der Waals surface area contributed by atoms with Crippen LogP contribution in [0.25, 0.3) is 0 Å².